The standard InChI is InChI=1S/C21H35N5O2.HI/c1-18(2)17-28-15-7-10-23-21(22-3)24-16-20(27)26-13-11-25(12-14-26)19-8-5-4-6-9-19;/h4-6,8-9,18H,7,10-17H2,1-3H3,(H2,22,23,24);1H. The van der Waals surface area contributed by atoms with Crippen molar-refractivity contribution in [3.8, 4) is 0 Å². The second-order valence-electron chi connectivity index (χ2n) is 7.38. The van der Waals surface area contributed by atoms with E-state index in [2.05, 4.69) is 46.5 Å². The van der Waals surface area contributed by atoms with E-state index in [4.69, 9.17) is 4.74 Å². The summed E-state index contributed by atoms with van der Waals surface area (Å²) in [6.07, 6.45) is 0.906. The monoisotopic (exact) mass is 517 g/mol. The molecule has 0 radical (unpaired) electrons. The number of para-hydroxylation sites is 1. The first kappa shape index (κ1) is 25.5. The van der Waals surface area contributed by atoms with Gasteiger partial charge in [-0.25, -0.2) is 0 Å². The minimum Gasteiger partial charge on any atom is -0.381 e. The molecule has 8 heteroatoms. The van der Waals surface area contributed by atoms with Gasteiger partial charge in [-0.2, -0.15) is 0 Å². The zero-order valence-corrected chi connectivity index (χ0v) is 20.2. The van der Waals surface area contributed by atoms with Crippen LogP contribution in [-0.2, 0) is 9.53 Å². The maximum atomic E-state index is 12.5. The maximum Gasteiger partial charge on any atom is 0.242 e. The topological polar surface area (TPSA) is 69.2 Å². The third-order valence-corrected chi connectivity index (χ3v) is 4.59. The summed E-state index contributed by atoms with van der Waals surface area (Å²) in [4.78, 5) is 20.9. The molecule has 0 bridgehead atoms. The third kappa shape index (κ3) is 9.66. The van der Waals surface area contributed by atoms with Crippen molar-refractivity contribution in [3.05, 3.63) is 30.3 Å². The highest BCUT2D eigenvalue weighted by Gasteiger charge is 2.21. The van der Waals surface area contributed by atoms with Gasteiger partial charge in [0, 0.05) is 58.7 Å². The molecule has 2 rings (SSSR count). The van der Waals surface area contributed by atoms with E-state index in [-0.39, 0.29) is 36.4 Å². The van der Waals surface area contributed by atoms with Crippen LogP contribution in [0.25, 0.3) is 0 Å². The fourth-order valence-electron chi connectivity index (χ4n) is 3.04. The van der Waals surface area contributed by atoms with Crippen molar-refractivity contribution in [2.24, 2.45) is 10.9 Å². The molecule has 1 aromatic rings. The van der Waals surface area contributed by atoms with Crippen molar-refractivity contribution in [2.45, 2.75) is 20.3 Å². The van der Waals surface area contributed by atoms with E-state index < -0.39 is 0 Å². The molecule has 1 aliphatic heterocycles. The van der Waals surface area contributed by atoms with Gasteiger partial charge < -0.3 is 25.2 Å². The summed E-state index contributed by atoms with van der Waals surface area (Å²) in [6, 6.07) is 10.3. The number of rotatable bonds is 9. The number of aliphatic imine (C=N–C) groups is 1. The minimum atomic E-state index is 0. The average Bonchev–Trinajstić information content (AvgIpc) is 2.73. The molecular formula is C21H36IN5O2. The Kier molecular flexibility index (Phi) is 12.7. The van der Waals surface area contributed by atoms with Gasteiger partial charge in [-0.1, -0.05) is 32.0 Å². The van der Waals surface area contributed by atoms with E-state index in [0.717, 1.165) is 52.4 Å². The normalized spacial score (nSPS) is 14.6. The molecule has 1 saturated heterocycles. The van der Waals surface area contributed by atoms with Crippen molar-refractivity contribution in [1.82, 2.24) is 15.5 Å². The van der Waals surface area contributed by atoms with E-state index in [9.17, 15) is 4.79 Å². The van der Waals surface area contributed by atoms with E-state index >= 15 is 0 Å². The van der Waals surface area contributed by atoms with Gasteiger partial charge in [0.05, 0.1) is 6.54 Å². The first-order valence-corrected chi connectivity index (χ1v) is 10.2. The highest BCUT2D eigenvalue weighted by Crippen LogP contribution is 2.15. The van der Waals surface area contributed by atoms with Crippen LogP contribution >= 0.6 is 24.0 Å². The van der Waals surface area contributed by atoms with Gasteiger partial charge in [0.2, 0.25) is 5.91 Å². The molecule has 1 heterocycles. The lowest BCUT2D eigenvalue weighted by Crippen LogP contribution is -2.52. The number of guanidine groups is 1. The fraction of sp³-hybridized carbons (Fsp3) is 0.619. The molecule has 0 aromatic heterocycles. The number of amides is 1. The molecule has 1 aliphatic rings. The van der Waals surface area contributed by atoms with Crippen LogP contribution in [0, 0.1) is 5.92 Å². The number of carbonyl (C=O) groups is 1. The summed E-state index contributed by atoms with van der Waals surface area (Å²) in [5.41, 5.74) is 1.22. The van der Waals surface area contributed by atoms with Gasteiger partial charge in [0.25, 0.3) is 0 Å². The van der Waals surface area contributed by atoms with Crippen LogP contribution in [0.5, 0.6) is 0 Å². The Morgan fingerprint density at radius 2 is 1.83 bits per heavy atom. The largest absolute Gasteiger partial charge is 0.381 e. The molecule has 0 aliphatic carbocycles. The number of nitrogens with zero attached hydrogens (tertiary/aromatic N) is 3. The number of carbonyl (C=O) groups excluding carboxylic acids is 1. The summed E-state index contributed by atoms with van der Waals surface area (Å²) in [7, 11) is 1.72. The summed E-state index contributed by atoms with van der Waals surface area (Å²) in [6.45, 7) is 10.0. The van der Waals surface area contributed by atoms with Gasteiger partial charge in [-0.05, 0) is 24.5 Å². The number of hydrogen-bond donors (Lipinski definition) is 2. The molecule has 0 spiro atoms. The van der Waals surface area contributed by atoms with Crippen molar-refractivity contribution in [1.29, 1.82) is 0 Å². The Morgan fingerprint density at radius 3 is 2.45 bits per heavy atom. The third-order valence-electron chi connectivity index (χ3n) is 4.59. The van der Waals surface area contributed by atoms with Gasteiger partial charge in [-0.3, -0.25) is 9.79 Å². The molecule has 7 nitrogen and oxygen atoms in total. The molecule has 1 aromatic carbocycles. The van der Waals surface area contributed by atoms with Crippen molar-refractivity contribution in [3.63, 3.8) is 0 Å². The molecule has 29 heavy (non-hydrogen) atoms. The van der Waals surface area contributed by atoms with Crippen molar-refractivity contribution in [2.75, 3.05) is 64.4 Å². The summed E-state index contributed by atoms with van der Waals surface area (Å²) in [5, 5.41) is 6.34. The zero-order valence-electron chi connectivity index (χ0n) is 17.9. The molecule has 2 N–H and O–H groups in total. The van der Waals surface area contributed by atoms with Crippen LogP contribution in [0.2, 0.25) is 0 Å². The molecule has 0 saturated carbocycles. The highest BCUT2D eigenvalue weighted by molar-refractivity contribution is 14.0. The lowest BCUT2D eigenvalue weighted by molar-refractivity contribution is -0.130. The van der Waals surface area contributed by atoms with E-state index in [1.54, 1.807) is 7.05 Å². The molecule has 1 fully saturated rings. The predicted octanol–water partition coefficient (Wildman–Crippen LogP) is 2.18. The Morgan fingerprint density at radius 1 is 1.14 bits per heavy atom. The number of piperazine rings is 1. The van der Waals surface area contributed by atoms with Crippen LogP contribution in [-0.4, -0.2) is 76.3 Å². The minimum absolute atomic E-state index is 0. The summed E-state index contributed by atoms with van der Waals surface area (Å²) < 4.78 is 5.56. The number of halogens is 1. The average molecular weight is 517 g/mol. The highest BCUT2D eigenvalue weighted by atomic mass is 127. The number of ether oxygens (including phenoxy) is 1. The summed E-state index contributed by atoms with van der Waals surface area (Å²) in [5.74, 6) is 1.32. The van der Waals surface area contributed by atoms with E-state index in [1.165, 1.54) is 5.69 Å². The Labute approximate surface area is 192 Å². The predicted molar refractivity (Wildman–Crippen MR) is 130 cm³/mol. The smallest absolute Gasteiger partial charge is 0.242 e. The van der Waals surface area contributed by atoms with Crippen LogP contribution in [0.3, 0.4) is 0 Å². The number of hydrogen-bond acceptors (Lipinski definition) is 4. The van der Waals surface area contributed by atoms with Crippen LogP contribution < -0.4 is 15.5 Å². The summed E-state index contributed by atoms with van der Waals surface area (Å²) >= 11 is 0. The Hall–Kier alpha value is -1.55. The van der Waals surface area contributed by atoms with Gasteiger partial charge in [-0.15, -0.1) is 24.0 Å². The zero-order chi connectivity index (χ0) is 20.2. The molecule has 0 atom stereocenters. The molecule has 164 valence electrons. The fourth-order valence-corrected chi connectivity index (χ4v) is 3.04. The van der Waals surface area contributed by atoms with Crippen LogP contribution in [0.15, 0.2) is 35.3 Å². The van der Waals surface area contributed by atoms with Gasteiger partial charge in [0.1, 0.15) is 0 Å². The number of benzene rings is 1. The quantitative estimate of drug-likeness (QED) is 0.228. The molecular weight excluding hydrogens is 481 g/mol. The lowest BCUT2D eigenvalue weighted by Gasteiger charge is -2.36. The van der Waals surface area contributed by atoms with Gasteiger partial charge in [0.15, 0.2) is 5.96 Å². The van der Waals surface area contributed by atoms with Gasteiger partial charge >= 0.3 is 0 Å². The maximum absolute atomic E-state index is 12.5. The van der Waals surface area contributed by atoms with Crippen LogP contribution in [0.1, 0.15) is 20.3 Å². The second kappa shape index (κ2) is 14.4. The lowest BCUT2D eigenvalue weighted by atomic mass is 10.2. The second-order valence-corrected chi connectivity index (χ2v) is 7.38. The first-order valence-electron chi connectivity index (χ1n) is 10.2. The first-order chi connectivity index (χ1) is 13.6. The molecule has 0 unspecified atom stereocenters. The number of anilines is 1. The number of nitrogens with one attached hydrogen (secondary N) is 2. The molecule has 1 amide bonds. The Balaban J connectivity index is 0.00000420. The Bertz CT molecular complexity index is 604. The van der Waals surface area contributed by atoms with E-state index in [1.807, 2.05) is 23.1 Å². The SMILES string of the molecule is CN=C(NCCCOCC(C)C)NCC(=O)N1CCN(c2ccccc2)CC1.I. The van der Waals surface area contributed by atoms with E-state index in [0.29, 0.717) is 11.9 Å². The van der Waals surface area contributed by atoms with Crippen molar-refractivity contribution >= 4 is 41.5 Å². The van der Waals surface area contributed by atoms with Crippen molar-refractivity contribution < 1.29 is 9.53 Å². The van der Waals surface area contributed by atoms with Crippen LogP contribution in [0.4, 0.5) is 5.69 Å².